The third-order valence-corrected chi connectivity index (χ3v) is 5.13. The number of piperazine rings is 1. The summed E-state index contributed by atoms with van der Waals surface area (Å²) in [4.78, 5) is 23.3. The second-order valence-corrected chi connectivity index (χ2v) is 6.88. The highest BCUT2D eigenvalue weighted by Crippen LogP contribution is 2.30. The van der Waals surface area contributed by atoms with Crippen molar-refractivity contribution in [2.45, 2.75) is 6.04 Å². The van der Waals surface area contributed by atoms with E-state index in [1.54, 1.807) is 31.6 Å². The van der Waals surface area contributed by atoms with Crippen LogP contribution >= 0.6 is 0 Å². The average Bonchev–Trinajstić information content (AvgIpc) is 2.76. The highest BCUT2D eigenvalue weighted by atomic mass is 19.1. The Morgan fingerprint density at radius 1 is 1.24 bits per heavy atom. The first-order valence-corrected chi connectivity index (χ1v) is 9.37. The lowest BCUT2D eigenvalue weighted by Gasteiger charge is -2.35. The van der Waals surface area contributed by atoms with Crippen molar-refractivity contribution in [1.82, 2.24) is 19.9 Å². The number of anilines is 1. The van der Waals surface area contributed by atoms with E-state index in [1.807, 2.05) is 17.0 Å². The number of ether oxygens (including phenoxy) is 1. The lowest BCUT2D eigenvalue weighted by Crippen LogP contribution is -2.48. The fourth-order valence-electron chi connectivity index (χ4n) is 3.64. The predicted molar refractivity (Wildman–Crippen MR) is 109 cm³/mol. The number of rotatable bonds is 4. The molecule has 7 nitrogen and oxygen atoms in total. The Labute approximate surface area is 167 Å². The van der Waals surface area contributed by atoms with Crippen molar-refractivity contribution >= 4 is 5.95 Å². The van der Waals surface area contributed by atoms with Gasteiger partial charge in [-0.25, -0.2) is 9.37 Å². The minimum atomic E-state index is -0.323. The third kappa shape index (κ3) is 3.71. The van der Waals surface area contributed by atoms with E-state index in [0.717, 1.165) is 5.56 Å². The van der Waals surface area contributed by atoms with Gasteiger partial charge in [0.15, 0.2) is 0 Å². The molecule has 0 saturated carbocycles. The van der Waals surface area contributed by atoms with Gasteiger partial charge in [0.2, 0.25) is 5.95 Å². The maximum Gasteiger partial charge on any atom is 0.255 e. The summed E-state index contributed by atoms with van der Waals surface area (Å²) in [6.07, 6.45) is 3.33. The lowest BCUT2D eigenvalue weighted by atomic mass is 10.0. The molecule has 0 bridgehead atoms. The smallest absolute Gasteiger partial charge is 0.255 e. The van der Waals surface area contributed by atoms with Gasteiger partial charge < -0.3 is 15.0 Å². The van der Waals surface area contributed by atoms with Gasteiger partial charge in [0, 0.05) is 56.3 Å². The molecule has 3 heterocycles. The van der Waals surface area contributed by atoms with Crippen LogP contribution in [0.15, 0.2) is 53.6 Å². The number of nitrogens with one attached hydrogen (secondary N) is 1. The van der Waals surface area contributed by atoms with Gasteiger partial charge in [0.25, 0.3) is 5.56 Å². The van der Waals surface area contributed by atoms with Crippen molar-refractivity contribution in [2.75, 3.05) is 31.6 Å². The van der Waals surface area contributed by atoms with Crippen LogP contribution in [0, 0.1) is 5.82 Å². The zero-order valence-corrected chi connectivity index (χ0v) is 16.3. The van der Waals surface area contributed by atoms with Gasteiger partial charge in [0.05, 0.1) is 18.8 Å². The molecule has 1 fully saturated rings. The van der Waals surface area contributed by atoms with E-state index in [0.29, 0.717) is 42.6 Å². The molecule has 0 aliphatic carbocycles. The van der Waals surface area contributed by atoms with Crippen LogP contribution in [0.4, 0.5) is 10.3 Å². The molecule has 1 atom stereocenters. The number of hydrogen-bond donors (Lipinski definition) is 1. The Morgan fingerprint density at radius 2 is 2.03 bits per heavy atom. The molecule has 0 spiro atoms. The van der Waals surface area contributed by atoms with Gasteiger partial charge in [-0.3, -0.25) is 14.3 Å². The molecule has 0 amide bonds. The average molecular weight is 395 g/mol. The number of methoxy groups -OCH3 is 1. The lowest BCUT2D eigenvalue weighted by molar-refractivity contribution is 0.380. The molecule has 1 aliphatic rings. The third-order valence-electron chi connectivity index (χ3n) is 5.13. The zero-order valence-electron chi connectivity index (χ0n) is 16.3. The molecular weight excluding hydrogens is 373 g/mol. The molecular formula is C21H22FN5O2. The number of hydrogen-bond acceptors (Lipinski definition) is 6. The minimum absolute atomic E-state index is 0.152. The van der Waals surface area contributed by atoms with E-state index in [4.69, 9.17) is 9.72 Å². The second-order valence-electron chi connectivity index (χ2n) is 6.88. The molecule has 150 valence electrons. The normalized spacial score (nSPS) is 16.7. The van der Waals surface area contributed by atoms with Gasteiger partial charge in [-0.2, -0.15) is 0 Å². The van der Waals surface area contributed by atoms with E-state index in [1.165, 1.54) is 23.8 Å². The maximum absolute atomic E-state index is 14.6. The Morgan fingerprint density at radius 3 is 2.79 bits per heavy atom. The van der Waals surface area contributed by atoms with Crippen LogP contribution in [0.1, 0.15) is 11.6 Å². The topological polar surface area (TPSA) is 72.3 Å². The van der Waals surface area contributed by atoms with Crippen LogP contribution < -0.4 is 20.5 Å². The first-order valence-electron chi connectivity index (χ1n) is 9.37. The molecule has 0 radical (unpaired) electrons. The summed E-state index contributed by atoms with van der Waals surface area (Å²) in [5, 5.41) is 3.35. The Kier molecular flexibility index (Phi) is 5.26. The highest BCUT2D eigenvalue weighted by Gasteiger charge is 2.28. The predicted octanol–water partition coefficient (Wildman–Crippen LogP) is 2.14. The SMILES string of the molecule is COc1cccc(F)c1C1CN(c2nc(-c3ccncc3)cc(=O)n2C)CCN1. The summed E-state index contributed by atoms with van der Waals surface area (Å²) in [5.74, 6) is 0.721. The van der Waals surface area contributed by atoms with Crippen molar-refractivity contribution in [3.05, 3.63) is 70.5 Å². The number of benzene rings is 1. The van der Waals surface area contributed by atoms with Crippen molar-refractivity contribution < 1.29 is 9.13 Å². The standard InChI is InChI=1S/C21H22FN5O2/c1-26-19(28)12-16(14-6-8-23-9-7-14)25-21(26)27-11-10-24-17(13-27)20-15(22)4-3-5-18(20)29-2/h3-9,12,17,24H,10-11,13H2,1-2H3. The van der Waals surface area contributed by atoms with E-state index < -0.39 is 0 Å². The molecule has 8 heteroatoms. The highest BCUT2D eigenvalue weighted by molar-refractivity contribution is 5.59. The van der Waals surface area contributed by atoms with Crippen molar-refractivity contribution in [2.24, 2.45) is 7.05 Å². The fraction of sp³-hybridized carbons (Fsp3) is 0.286. The van der Waals surface area contributed by atoms with Crippen LogP contribution in [0.2, 0.25) is 0 Å². The Balaban J connectivity index is 1.71. The van der Waals surface area contributed by atoms with Crippen LogP contribution in [0.25, 0.3) is 11.3 Å². The summed E-state index contributed by atoms with van der Waals surface area (Å²) < 4.78 is 21.4. The molecule has 2 aromatic heterocycles. The van der Waals surface area contributed by atoms with Crippen LogP contribution in [0.5, 0.6) is 5.75 Å². The number of halogens is 1. The summed E-state index contributed by atoms with van der Waals surface area (Å²) >= 11 is 0. The fourth-order valence-corrected chi connectivity index (χ4v) is 3.64. The van der Waals surface area contributed by atoms with E-state index in [2.05, 4.69) is 10.3 Å². The monoisotopic (exact) mass is 395 g/mol. The van der Waals surface area contributed by atoms with Gasteiger partial charge in [-0.15, -0.1) is 0 Å². The van der Waals surface area contributed by atoms with Crippen molar-refractivity contribution in [3.63, 3.8) is 0 Å². The quantitative estimate of drug-likeness (QED) is 0.730. The molecule has 1 N–H and O–H groups in total. The van der Waals surface area contributed by atoms with Gasteiger partial charge in [-0.1, -0.05) is 6.07 Å². The molecule has 4 rings (SSSR count). The van der Waals surface area contributed by atoms with Crippen molar-refractivity contribution in [1.29, 1.82) is 0 Å². The zero-order chi connectivity index (χ0) is 20.4. The Bertz CT molecular complexity index is 1070. The van der Waals surface area contributed by atoms with Crippen LogP contribution in [-0.2, 0) is 7.05 Å². The van der Waals surface area contributed by atoms with Crippen LogP contribution in [-0.4, -0.2) is 41.3 Å². The molecule has 1 aromatic carbocycles. The second kappa shape index (κ2) is 8.00. The number of nitrogens with zero attached hydrogens (tertiary/aromatic N) is 4. The summed E-state index contributed by atoms with van der Waals surface area (Å²) in [6, 6.07) is 9.65. The largest absolute Gasteiger partial charge is 0.496 e. The summed E-state index contributed by atoms with van der Waals surface area (Å²) in [7, 11) is 3.23. The van der Waals surface area contributed by atoms with E-state index in [-0.39, 0.29) is 17.4 Å². The van der Waals surface area contributed by atoms with Gasteiger partial charge in [-0.05, 0) is 24.3 Å². The maximum atomic E-state index is 14.6. The molecule has 29 heavy (non-hydrogen) atoms. The molecule has 1 saturated heterocycles. The molecule has 1 unspecified atom stereocenters. The molecule has 3 aromatic rings. The molecule has 1 aliphatic heterocycles. The van der Waals surface area contributed by atoms with E-state index in [9.17, 15) is 9.18 Å². The van der Waals surface area contributed by atoms with E-state index >= 15 is 0 Å². The number of aromatic nitrogens is 3. The van der Waals surface area contributed by atoms with Gasteiger partial charge >= 0.3 is 0 Å². The van der Waals surface area contributed by atoms with Crippen LogP contribution in [0.3, 0.4) is 0 Å². The first kappa shape index (κ1) is 19.1. The Hall–Kier alpha value is -3.26. The summed E-state index contributed by atoms with van der Waals surface area (Å²) in [6.45, 7) is 1.72. The van der Waals surface area contributed by atoms with Crippen molar-refractivity contribution in [3.8, 4) is 17.0 Å². The van der Waals surface area contributed by atoms with Gasteiger partial charge in [0.1, 0.15) is 11.6 Å². The number of pyridine rings is 1. The first-order chi connectivity index (χ1) is 14.1. The minimum Gasteiger partial charge on any atom is -0.496 e. The summed E-state index contributed by atoms with van der Waals surface area (Å²) in [5.41, 5.74) is 1.74.